The van der Waals surface area contributed by atoms with Crippen LogP contribution in [0.15, 0.2) is 12.1 Å². The summed E-state index contributed by atoms with van der Waals surface area (Å²) in [4.78, 5) is 2.38. The lowest BCUT2D eigenvalue weighted by molar-refractivity contribution is 0.243. The highest BCUT2D eigenvalue weighted by molar-refractivity contribution is 6.30. The maximum Gasteiger partial charge on any atom is 0.162 e. The molecule has 0 unspecified atom stereocenters. The van der Waals surface area contributed by atoms with Crippen molar-refractivity contribution < 1.29 is 9.84 Å². The van der Waals surface area contributed by atoms with Crippen LogP contribution < -0.4 is 10.1 Å². The zero-order valence-corrected chi connectivity index (χ0v) is 11.3. The van der Waals surface area contributed by atoms with Crippen LogP contribution in [0.1, 0.15) is 5.56 Å². The van der Waals surface area contributed by atoms with E-state index in [0.717, 1.165) is 44.7 Å². The summed E-state index contributed by atoms with van der Waals surface area (Å²) in [6.07, 6.45) is 0.781. The molecule has 0 amide bonds. The monoisotopic (exact) mass is 270 g/mol. The maximum atomic E-state index is 10.0. The van der Waals surface area contributed by atoms with Crippen LogP contribution in [0.2, 0.25) is 5.02 Å². The normalized spacial score (nSPS) is 16.8. The Morgan fingerprint density at radius 3 is 2.78 bits per heavy atom. The number of aromatic hydroxyl groups is 1. The molecule has 1 aliphatic heterocycles. The van der Waals surface area contributed by atoms with E-state index in [0.29, 0.717) is 10.8 Å². The first-order chi connectivity index (χ1) is 8.70. The van der Waals surface area contributed by atoms with Crippen molar-refractivity contribution in [2.75, 3.05) is 39.8 Å². The minimum absolute atomic E-state index is 0.206. The zero-order chi connectivity index (χ0) is 13.0. The molecule has 4 nitrogen and oxygen atoms in total. The Morgan fingerprint density at radius 1 is 1.39 bits per heavy atom. The Hall–Kier alpha value is -0.970. The van der Waals surface area contributed by atoms with Crippen LogP contribution in [-0.2, 0) is 6.42 Å². The van der Waals surface area contributed by atoms with Gasteiger partial charge in [-0.15, -0.1) is 0 Å². The van der Waals surface area contributed by atoms with Gasteiger partial charge in [-0.25, -0.2) is 0 Å². The predicted molar refractivity (Wildman–Crippen MR) is 72.7 cm³/mol. The second kappa shape index (κ2) is 6.27. The summed E-state index contributed by atoms with van der Waals surface area (Å²) in [6.45, 7) is 5.10. The van der Waals surface area contributed by atoms with Crippen LogP contribution in [0.3, 0.4) is 0 Å². The molecular weight excluding hydrogens is 252 g/mol. The Balaban J connectivity index is 2.01. The average molecular weight is 271 g/mol. The highest BCUT2D eigenvalue weighted by Gasteiger charge is 2.13. The van der Waals surface area contributed by atoms with Crippen molar-refractivity contribution in [3.63, 3.8) is 0 Å². The Kier molecular flexibility index (Phi) is 4.69. The van der Waals surface area contributed by atoms with Gasteiger partial charge in [-0.05, 0) is 12.5 Å². The SMILES string of the molecule is COc1cc(Cl)cc(CCN2CCNCC2)c1O. The summed E-state index contributed by atoms with van der Waals surface area (Å²) >= 11 is 6.01. The molecule has 1 aliphatic rings. The first-order valence-electron chi connectivity index (χ1n) is 6.19. The standard InChI is InChI=1S/C13H19ClN2O2/c1-18-12-9-11(14)8-10(13(12)17)2-5-16-6-3-15-4-7-16/h8-9,15,17H,2-7H2,1H3. The number of ether oxygens (including phenoxy) is 1. The Bertz CT molecular complexity index is 406. The lowest BCUT2D eigenvalue weighted by Gasteiger charge is -2.27. The van der Waals surface area contributed by atoms with E-state index in [9.17, 15) is 5.11 Å². The molecule has 2 N–H and O–H groups in total. The van der Waals surface area contributed by atoms with E-state index in [1.165, 1.54) is 7.11 Å². The molecule has 2 rings (SSSR count). The van der Waals surface area contributed by atoms with Gasteiger partial charge >= 0.3 is 0 Å². The highest BCUT2D eigenvalue weighted by Crippen LogP contribution is 2.33. The van der Waals surface area contributed by atoms with E-state index in [1.807, 2.05) is 6.07 Å². The quantitative estimate of drug-likeness (QED) is 0.870. The van der Waals surface area contributed by atoms with Gasteiger partial charge < -0.3 is 20.1 Å². The van der Waals surface area contributed by atoms with Gasteiger partial charge in [0.25, 0.3) is 0 Å². The Labute approximate surface area is 113 Å². The second-order valence-electron chi connectivity index (χ2n) is 4.46. The largest absolute Gasteiger partial charge is 0.504 e. The molecule has 0 bridgehead atoms. The number of hydrogen-bond donors (Lipinski definition) is 2. The number of nitrogens with one attached hydrogen (secondary N) is 1. The van der Waals surface area contributed by atoms with Crippen LogP contribution in [0.4, 0.5) is 0 Å². The summed E-state index contributed by atoms with van der Waals surface area (Å²) in [6, 6.07) is 3.44. The third-order valence-electron chi connectivity index (χ3n) is 3.25. The fourth-order valence-electron chi connectivity index (χ4n) is 2.19. The van der Waals surface area contributed by atoms with Crippen molar-refractivity contribution in [2.45, 2.75) is 6.42 Å². The summed E-state index contributed by atoms with van der Waals surface area (Å²) < 4.78 is 5.10. The number of methoxy groups -OCH3 is 1. The lowest BCUT2D eigenvalue weighted by atomic mass is 10.1. The third-order valence-corrected chi connectivity index (χ3v) is 3.46. The molecule has 100 valence electrons. The van der Waals surface area contributed by atoms with Crippen LogP contribution in [0.25, 0.3) is 0 Å². The molecule has 1 fully saturated rings. The second-order valence-corrected chi connectivity index (χ2v) is 4.89. The van der Waals surface area contributed by atoms with Crippen molar-refractivity contribution in [1.82, 2.24) is 10.2 Å². The average Bonchev–Trinajstić information content (AvgIpc) is 2.40. The predicted octanol–water partition coefficient (Wildman–Crippen LogP) is 1.50. The fraction of sp³-hybridized carbons (Fsp3) is 0.538. The number of halogens is 1. The van der Waals surface area contributed by atoms with Crippen LogP contribution in [-0.4, -0.2) is 49.8 Å². The van der Waals surface area contributed by atoms with E-state index in [4.69, 9.17) is 16.3 Å². The van der Waals surface area contributed by atoms with Gasteiger partial charge in [-0.2, -0.15) is 0 Å². The molecular formula is C13H19ClN2O2. The van der Waals surface area contributed by atoms with Gasteiger partial charge in [0.15, 0.2) is 11.5 Å². The van der Waals surface area contributed by atoms with Crippen molar-refractivity contribution in [2.24, 2.45) is 0 Å². The summed E-state index contributed by atoms with van der Waals surface area (Å²) in [7, 11) is 1.53. The summed E-state index contributed by atoms with van der Waals surface area (Å²) in [5.74, 6) is 0.648. The Morgan fingerprint density at radius 2 is 2.11 bits per heavy atom. The van der Waals surface area contributed by atoms with Crippen LogP contribution >= 0.6 is 11.6 Å². The molecule has 1 aromatic carbocycles. The van der Waals surface area contributed by atoms with Crippen LogP contribution in [0.5, 0.6) is 11.5 Å². The topological polar surface area (TPSA) is 44.7 Å². The molecule has 18 heavy (non-hydrogen) atoms. The number of nitrogens with zero attached hydrogens (tertiary/aromatic N) is 1. The van der Waals surface area contributed by atoms with Crippen molar-refractivity contribution in [3.8, 4) is 11.5 Å². The van der Waals surface area contributed by atoms with E-state index >= 15 is 0 Å². The third kappa shape index (κ3) is 3.28. The number of piperazine rings is 1. The molecule has 0 radical (unpaired) electrons. The maximum absolute atomic E-state index is 10.0. The minimum Gasteiger partial charge on any atom is -0.504 e. The lowest BCUT2D eigenvalue weighted by Crippen LogP contribution is -2.44. The van der Waals surface area contributed by atoms with E-state index in [2.05, 4.69) is 10.2 Å². The summed E-state index contributed by atoms with van der Waals surface area (Å²) in [5, 5.41) is 13.9. The fourth-order valence-corrected chi connectivity index (χ4v) is 2.42. The number of phenolic OH excluding ortho intramolecular Hbond substituents is 1. The first-order valence-corrected chi connectivity index (χ1v) is 6.57. The molecule has 0 atom stereocenters. The van der Waals surface area contributed by atoms with E-state index in [1.54, 1.807) is 6.07 Å². The summed E-state index contributed by atoms with van der Waals surface area (Å²) in [5.41, 5.74) is 0.845. The van der Waals surface area contributed by atoms with Gasteiger partial charge in [-0.1, -0.05) is 11.6 Å². The van der Waals surface area contributed by atoms with Gasteiger partial charge in [0, 0.05) is 49.4 Å². The molecule has 5 heteroatoms. The molecule has 0 aromatic heterocycles. The number of phenols is 1. The highest BCUT2D eigenvalue weighted by atomic mass is 35.5. The first kappa shape index (κ1) is 13.5. The smallest absolute Gasteiger partial charge is 0.162 e. The number of benzene rings is 1. The van der Waals surface area contributed by atoms with Gasteiger partial charge in [0.05, 0.1) is 7.11 Å². The number of hydrogen-bond acceptors (Lipinski definition) is 4. The van der Waals surface area contributed by atoms with Gasteiger partial charge in [0.2, 0.25) is 0 Å². The van der Waals surface area contributed by atoms with E-state index in [-0.39, 0.29) is 5.75 Å². The molecule has 0 aliphatic carbocycles. The van der Waals surface area contributed by atoms with Crippen molar-refractivity contribution in [3.05, 3.63) is 22.7 Å². The molecule has 1 aromatic rings. The van der Waals surface area contributed by atoms with Crippen LogP contribution in [0, 0.1) is 0 Å². The molecule has 1 saturated heterocycles. The van der Waals surface area contributed by atoms with Crippen molar-refractivity contribution in [1.29, 1.82) is 0 Å². The minimum atomic E-state index is 0.206. The van der Waals surface area contributed by atoms with Gasteiger partial charge in [-0.3, -0.25) is 0 Å². The molecule has 1 heterocycles. The van der Waals surface area contributed by atoms with Gasteiger partial charge in [0.1, 0.15) is 0 Å². The molecule has 0 spiro atoms. The molecule has 0 saturated carbocycles. The number of rotatable bonds is 4. The zero-order valence-electron chi connectivity index (χ0n) is 10.6. The van der Waals surface area contributed by atoms with Crippen molar-refractivity contribution >= 4 is 11.6 Å². The van der Waals surface area contributed by atoms with E-state index < -0.39 is 0 Å².